The molecule has 3 aromatic rings. The molecule has 1 aromatic carbocycles. The Morgan fingerprint density at radius 3 is 2.44 bits per heavy atom. The third-order valence-corrected chi connectivity index (χ3v) is 3.64. The van der Waals surface area contributed by atoms with E-state index in [9.17, 15) is 13.2 Å². The minimum atomic E-state index is -4.45. The van der Waals surface area contributed by atoms with Crippen molar-refractivity contribution in [1.82, 2.24) is 15.0 Å². The van der Waals surface area contributed by atoms with Crippen LogP contribution in [0.4, 0.5) is 24.9 Å². The van der Waals surface area contributed by atoms with E-state index in [0.717, 1.165) is 6.07 Å². The Hall–Kier alpha value is -2.90. The van der Waals surface area contributed by atoms with E-state index in [2.05, 4.69) is 25.6 Å². The van der Waals surface area contributed by atoms with Crippen molar-refractivity contribution in [3.8, 4) is 11.3 Å². The molecular formula is C17H16F3N5. The van der Waals surface area contributed by atoms with Crippen molar-refractivity contribution in [2.45, 2.75) is 13.1 Å². The monoisotopic (exact) mass is 347 g/mol. The van der Waals surface area contributed by atoms with Gasteiger partial charge >= 0.3 is 6.18 Å². The molecule has 0 atom stereocenters. The van der Waals surface area contributed by atoms with Crippen molar-refractivity contribution in [2.75, 3.05) is 24.2 Å². The summed E-state index contributed by atoms with van der Waals surface area (Å²) in [4.78, 5) is 12.9. The number of anilines is 2. The molecule has 0 saturated heterocycles. The van der Waals surface area contributed by atoms with E-state index < -0.39 is 11.7 Å². The molecule has 8 heteroatoms. The van der Waals surface area contributed by atoms with E-state index in [4.69, 9.17) is 0 Å². The van der Waals surface area contributed by atoms with E-state index in [1.54, 1.807) is 25.2 Å². The average Bonchev–Trinajstić information content (AvgIpc) is 2.60. The second kappa shape index (κ2) is 6.54. The zero-order valence-corrected chi connectivity index (χ0v) is 13.6. The molecule has 2 N–H and O–H groups in total. The van der Waals surface area contributed by atoms with E-state index in [1.807, 2.05) is 6.92 Å². The van der Waals surface area contributed by atoms with Crippen LogP contribution in [0.2, 0.25) is 0 Å². The summed E-state index contributed by atoms with van der Waals surface area (Å²) < 4.78 is 39.8. The van der Waals surface area contributed by atoms with Gasteiger partial charge in [-0.3, -0.25) is 0 Å². The van der Waals surface area contributed by atoms with Crippen molar-refractivity contribution in [1.29, 1.82) is 0 Å². The molecular weight excluding hydrogens is 331 g/mol. The van der Waals surface area contributed by atoms with E-state index >= 15 is 0 Å². The molecule has 0 saturated carbocycles. The van der Waals surface area contributed by atoms with E-state index in [1.165, 1.54) is 12.1 Å². The lowest BCUT2D eigenvalue weighted by Crippen LogP contribution is -2.08. The number of alkyl halides is 3. The highest BCUT2D eigenvalue weighted by Crippen LogP contribution is 2.36. The third kappa shape index (κ3) is 3.33. The summed E-state index contributed by atoms with van der Waals surface area (Å²) in [5, 5.41) is 6.59. The smallest absolute Gasteiger partial charge is 0.370 e. The van der Waals surface area contributed by atoms with Crippen LogP contribution >= 0.6 is 0 Å². The van der Waals surface area contributed by atoms with Crippen molar-refractivity contribution in [3.05, 3.63) is 42.0 Å². The largest absolute Gasteiger partial charge is 0.417 e. The van der Waals surface area contributed by atoms with Crippen LogP contribution < -0.4 is 10.6 Å². The van der Waals surface area contributed by atoms with Crippen molar-refractivity contribution >= 4 is 22.8 Å². The first kappa shape index (κ1) is 16.9. The summed E-state index contributed by atoms with van der Waals surface area (Å²) in [5.41, 5.74) is -0.170. The molecule has 5 nitrogen and oxygen atoms in total. The normalized spacial score (nSPS) is 11.6. The standard InChI is InChI=1S/C17H16F3N5/c1-3-22-14-11-8-9-13(23-15(11)25-16(21-2)24-14)10-6-4-5-7-12(10)17(18,19)20/h4-9H,3H2,1-2H3,(H2,21,22,23,24,25). The molecule has 0 unspecified atom stereocenters. The van der Waals surface area contributed by atoms with Crippen LogP contribution in [0.3, 0.4) is 0 Å². The first-order valence-electron chi connectivity index (χ1n) is 7.71. The first-order chi connectivity index (χ1) is 11.9. The van der Waals surface area contributed by atoms with Crippen LogP contribution in [0.15, 0.2) is 36.4 Å². The quantitative estimate of drug-likeness (QED) is 0.741. The minimum absolute atomic E-state index is 0.0199. The number of nitrogens with zero attached hydrogens (tertiary/aromatic N) is 3. The molecule has 25 heavy (non-hydrogen) atoms. The number of hydrogen-bond acceptors (Lipinski definition) is 5. The van der Waals surface area contributed by atoms with Crippen molar-refractivity contribution < 1.29 is 13.2 Å². The highest BCUT2D eigenvalue weighted by atomic mass is 19.4. The summed E-state index contributed by atoms with van der Waals surface area (Å²) in [6.45, 7) is 2.57. The van der Waals surface area contributed by atoms with Crippen LogP contribution in [0.5, 0.6) is 0 Å². The Kier molecular flexibility index (Phi) is 4.43. The van der Waals surface area contributed by atoms with Gasteiger partial charge in [0.25, 0.3) is 0 Å². The fourth-order valence-corrected chi connectivity index (χ4v) is 2.53. The number of fused-ring (bicyclic) bond motifs is 1. The van der Waals surface area contributed by atoms with Gasteiger partial charge in [-0.15, -0.1) is 0 Å². The predicted octanol–water partition coefficient (Wildman–Crippen LogP) is 4.18. The average molecular weight is 347 g/mol. The van der Waals surface area contributed by atoms with Gasteiger partial charge in [0.15, 0.2) is 5.65 Å². The van der Waals surface area contributed by atoms with Gasteiger partial charge in [0.05, 0.1) is 16.6 Å². The number of benzene rings is 1. The third-order valence-electron chi connectivity index (χ3n) is 3.64. The second-order valence-electron chi connectivity index (χ2n) is 5.29. The van der Waals surface area contributed by atoms with Crippen LogP contribution in [0.1, 0.15) is 12.5 Å². The zero-order valence-electron chi connectivity index (χ0n) is 13.6. The second-order valence-corrected chi connectivity index (χ2v) is 5.29. The maximum atomic E-state index is 13.3. The molecule has 130 valence electrons. The summed E-state index contributed by atoms with van der Waals surface area (Å²) in [7, 11) is 1.67. The maximum absolute atomic E-state index is 13.3. The lowest BCUT2D eigenvalue weighted by atomic mass is 10.0. The number of nitrogens with one attached hydrogen (secondary N) is 2. The maximum Gasteiger partial charge on any atom is 0.417 e. The number of hydrogen-bond donors (Lipinski definition) is 2. The van der Waals surface area contributed by atoms with Crippen LogP contribution in [-0.4, -0.2) is 28.5 Å². The van der Waals surface area contributed by atoms with Crippen LogP contribution in [0, 0.1) is 0 Å². The van der Waals surface area contributed by atoms with Gasteiger partial charge < -0.3 is 10.6 Å². The molecule has 3 rings (SSSR count). The first-order valence-corrected chi connectivity index (χ1v) is 7.71. The Bertz CT molecular complexity index is 908. The Balaban J connectivity index is 2.20. The molecule has 2 aromatic heterocycles. The molecule has 0 spiro atoms. The Morgan fingerprint density at radius 1 is 1.00 bits per heavy atom. The molecule has 0 radical (unpaired) electrons. The summed E-state index contributed by atoms with van der Waals surface area (Å²) in [6.07, 6.45) is -4.45. The molecule has 0 bridgehead atoms. The molecule has 0 fully saturated rings. The fraction of sp³-hybridized carbons (Fsp3) is 0.235. The van der Waals surface area contributed by atoms with Crippen molar-refractivity contribution in [2.24, 2.45) is 0 Å². The SMILES string of the molecule is CCNc1nc(NC)nc2nc(-c3ccccc3C(F)(F)F)ccc12. The highest BCUT2D eigenvalue weighted by molar-refractivity contribution is 5.89. The zero-order chi connectivity index (χ0) is 18.0. The lowest BCUT2D eigenvalue weighted by molar-refractivity contribution is -0.137. The molecule has 2 heterocycles. The van der Waals surface area contributed by atoms with Crippen molar-refractivity contribution in [3.63, 3.8) is 0 Å². The topological polar surface area (TPSA) is 62.7 Å². The number of pyridine rings is 1. The summed E-state index contributed by atoms with van der Waals surface area (Å²) >= 11 is 0. The molecule has 0 aliphatic carbocycles. The van der Waals surface area contributed by atoms with Gasteiger partial charge in [0.1, 0.15) is 5.82 Å². The molecule has 0 amide bonds. The lowest BCUT2D eigenvalue weighted by Gasteiger charge is -2.13. The summed E-state index contributed by atoms with van der Waals surface area (Å²) in [6, 6.07) is 8.60. The van der Waals surface area contributed by atoms with Crippen LogP contribution in [-0.2, 0) is 6.18 Å². The number of halogens is 3. The minimum Gasteiger partial charge on any atom is -0.370 e. The van der Waals surface area contributed by atoms with Gasteiger partial charge in [-0.05, 0) is 25.1 Å². The van der Waals surface area contributed by atoms with Gasteiger partial charge in [0.2, 0.25) is 5.95 Å². The van der Waals surface area contributed by atoms with Crippen LogP contribution in [0.25, 0.3) is 22.3 Å². The van der Waals surface area contributed by atoms with Gasteiger partial charge in [-0.25, -0.2) is 4.98 Å². The highest BCUT2D eigenvalue weighted by Gasteiger charge is 2.33. The van der Waals surface area contributed by atoms with Gasteiger partial charge in [-0.2, -0.15) is 23.1 Å². The van der Waals surface area contributed by atoms with E-state index in [-0.39, 0.29) is 11.3 Å². The predicted molar refractivity (Wildman–Crippen MR) is 91.5 cm³/mol. The van der Waals surface area contributed by atoms with E-state index in [0.29, 0.717) is 29.3 Å². The number of aromatic nitrogens is 3. The fourth-order valence-electron chi connectivity index (χ4n) is 2.53. The van der Waals surface area contributed by atoms with Gasteiger partial charge in [-0.1, -0.05) is 18.2 Å². The molecule has 0 aliphatic heterocycles. The summed E-state index contributed by atoms with van der Waals surface area (Å²) in [5.74, 6) is 0.928. The Morgan fingerprint density at radius 2 is 1.76 bits per heavy atom. The Labute approximate surface area is 142 Å². The van der Waals surface area contributed by atoms with Gasteiger partial charge in [0, 0.05) is 19.2 Å². The molecule has 0 aliphatic rings. The number of rotatable bonds is 4.